The van der Waals surface area contributed by atoms with Gasteiger partial charge < -0.3 is 10.0 Å². The molecule has 238 valence electrons. The van der Waals surface area contributed by atoms with E-state index < -0.39 is 23.2 Å². The third-order valence-corrected chi connectivity index (χ3v) is 9.67. The predicted octanol–water partition coefficient (Wildman–Crippen LogP) is 4.56. The van der Waals surface area contributed by atoms with Crippen molar-refractivity contribution in [2.24, 2.45) is 0 Å². The summed E-state index contributed by atoms with van der Waals surface area (Å²) in [6.07, 6.45) is 7.35. The Hall–Kier alpha value is -4.49. The minimum atomic E-state index is -4.57. The molecule has 1 amide bonds. The number of pyridine rings is 1. The molecule has 4 aromatic rings. The molecule has 7 rings (SSSR count). The molecule has 3 aliphatic rings. The van der Waals surface area contributed by atoms with Crippen LogP contribution in [-0.4, -0.2) is 82.4 Å². The molecule has 46 heavy (non-hydrogen) atoms. The zero-order chi connectivity index (χ0) is 32.1. The summed E-state index contributed by atoms with van der Waals surface area (Å²) >= 11 is 0. The molecule has 2 aliphatic heterocycles. The number of amides is 1. The lowest BCUT2D eigenvalue weighted by atomic mass is 9.79. The highest BCUT2D eigenvalue weighted by Crippen LogP contribution is 2.42. The Morgan fingerprint density at radius 3 is 2.35 bits per heavy atom. The van der Waals surface area contributed by atoms with Gasteiger partial charge in [-0.1, -0.05) is 6.07 Å². The molecule has 1 N–H and O–H groups in total. The van der Waals surface area contributed by atoms with Gasteiger partial charge in [-0.05, 0) is 74.9 Å². The van der Waals surface area contributed by atoms with Crippen molar-refractivity contribution in [1.82, 2.24) is 34.3 Å². The van der Waals surface area contributed by atoms with Crippen LogP contribution in [0.15, 0.2) is 73.6 Å². The molecular formula is C33H32F3N7O3. The number of hydrogen-bond donors (Lipinski definition) is 1. The fourth-order valence-electron chi connectivity index (χ4n) is 7.31. The second-order valence-corrected chi connectivity index (χ2v) is 12.3. The van der Waals surface area contributed by atoms with Gasteiger partial charge in [0, 0.05) is 67.1 Å². The number of rotatable bonds is 5. The quantitative estimate of drug-likeness (QED) is 0.341. The van der Waals surface area contributed by atoms with Crippen molar-refractivity contribution < 1.29 is 27.9 Å². The Balaban J connectivity index is 0.972. The molecule has 1 saturated carbocycles. The molecule has 1 aromatic carbocycles. The Bertz CT molecular complexity index is 1740. The average molecular weight is 632 g/mol. The van der Waals surface area contributed by atoms with Gasteiger partial charge in [0.2, 0.25) is 0 Å². The maximum absolute atomic E-state index is 13.5. The lowest BCUT2D eigenvalue weighted by Gasteiger charge is -2.41. The smallest absolute Gasteiger partial charge is 0.384 e. The van der Waals surface area contributed by atoms with Crippen LogP contribution in [0.25, 0.3) is 11.4 Å². The molecular weight excluding hydrogens is 599 g/mol. The number of aromatic nitrogens is 5. The number of halogens is 3. The standard InChI is InChI=1S/C33H32F3N7O3/c34-33(35,36)23-4-1-3-21(17-23)30(44)41-19-25(40-20-41)31(45)43-16-10-26-27(43)9-15-42(26)24-7-11-32(46,12-8-24)28-6-5-22(18-39-28)29-37-13-2-14-38-29/h1-6,13-14,17-20,24,26-27,46H,7-12,15-16H2/t24?,26-,27-,32?/m0/s1. The number of nitrogens with zero attached hydrogens (tertiary/aromatic N) is 7. The van der Waals surface area contributed by atoms with Crippen molar-refractivity contribution in [3.63, 3.8) is 0 Å². The summed E-state index contributed by atoms with van der Waals surface area (Å²) in [5, 5.41) is 11.5. The van der Waals surface area contributed by atoms with Crippen molar-refractivity contribution in [2.45, 2.75) is 68.4 Å². The number of aliphatic hydroxyl groups is 1. The number of fused-ring (bicyclic) bond motifs is 1. The number of alkyl halides is 3. The van der Waals surface area contributed by atoms with Gasteiger partial charge in [0.05, 0.1) is 11.3 Å². The molecule has 1 aliphatic carbocycles. The van der Waals surface area contributed by atoms with Gasteiger partial charge in [0.25, 0.3) is 11.8 Å². The van der Waals surface area contributed by atoms with Crippen LogP contribution in [-0.2, 0) is 11.8 Å². The van der Waals surface area contributed by atoms with E-state index in [1.54, 1.807) is 24.7 Å². The molecule has 2 atom stereocenters. The van der Waals surface area contributed by atoms with Crippen molar-refractivity contribution in [2.75, 3.05) is 13.1 Å². The number of hydrogen-bond acceptors (Lipinski definition) is 8. The summed E-state index contributed by atoms with van der Waals surface area (Å²) in [5.41, 5.74) is -0.552. The Morgan fingerprint density at radius 1 is 0.870 bits per heavy atom. The van der Waals surface area contributed by atoms with E-state index in [0.29, 0.717) is 30.9 Å². The van der Waals surface area contributed by atoms with E-state index in [-0.39, 0.29) is 35.3 Å². The van der Waals surface area contributed by atoms with Crippen molar-refractivity contribution >= 4 is 11.8 Å². The Labute approximate surface area is 262 Å². The SMILES string of the molecule is O=C(c1cn(C(=O)c2cccc(C(F)(F)F)c2)cn1)N1CC[C@H]2[C@@H]1CCN2C1CCC(O)(c2ccc(-c3ncccn3)cn2)CC1. The first-order valence-electron chi connectivity index (χ1n) is 15.4. The first-order valence-corrected chi connectivity index (χ1v) is 15.4. The van der Waals surface area contributed by atoms with Gasteiger partial charge in [-0.15, -0.1) is 0 Å². The second kappa shape index (κ2) is 11.7. The second-order valence-electron chi connectivity index (χ2n) is 12.3. The Kier molecular flexibility index (Phi) is 7.68. The topological polar surface area (TPSA) is 117 Å². The predicted molar refractivity (Wildman–Crippen MR) is 159 cm³/mol. The number of carbonyl (C=O) groups is 2. The zero-order valence-corrected chi connectivity index (χ0v) is 24.8. The van der Waals surface area contributed by atoms with E-state index >= 15 is 0 Å². The zero-order valence-electron chi connectivity index (χ0n) is 24.8. The number of carbonyl (C=O) groups excluding carboxylic acids is 2. The van der Waals surface area contributed by atoms with Gasteiger partial charge >= 0.3 is 6.18 Å². The van der Waals surface area contributed by atoms with Crippen LogP contribution in [0, 0.1) is 0 Å². The average Bonchev–Trinajstić information content (AvgIpc) is 3.83. The molecule has 0 unspecified atom stereocenters. The van der Waals surface area contributed by atoms with Crippen LogP contribution in [0.5, 0.6) is 0 Å². The molecule has 10 nitrogen and oxygen atoms in total. The van der Waals surface area contributed by atoms with E-state index in [9.17, 15) is 27.9 Å². The molecule has 2 saturated heterocycles. The van der Waals surface area contributed by atoms with Crippen LogP contribution in [0.4, 0.5) is 13.2 Å². The molecule has 3 fully saturated rings. The summed E-state index contributed by atoms with van der Waals surface area (Å²) in [4.78, 5) is 47.9. The van der Waals surface area contributed by atoms with Crippen LogP contribution >= 0.6 is 0 Å². The van der Waals surface area contributed by atoms with E-state index in [0.717, 1.165) is 54.5 Å². The fourth-order valence-corrected chi connectivity index (χ4v) is 7.31. The highest BCUT2D eigenvalue weighted by molar-refractivity contribution is 5.98. The first kappa shape index (κ1) is 30.2. The van der Waals surface area contributed by atoms with Crippen LogP contribution in [0.1, 0.15) is 70.6 Å². The van der Waals surface area contributed by atoms with Crippen LogP contribution in [0.3, 0.4) is 0 Å². The van der Waals surface area contributed by atoms with Crippen molar-refractivity contribution in [1.29, 1.82) is 0 Å². The van der Waals surface area contributed by atoms with Crippen LogP contribution in [0.2, 0.25) is 0 Å². The van der Waals surface area contributed by atoms with Gasteiger partial charge in [0.15, 0.2) is 5.82 Å². The highest BCUT2D eigenvalue weighted by Gasteiger charge is 2.48. The Morgan fingerprint density at radius 2 is 1.63 bits per heavy atom. The number of benzene rings is 1. The van der Waals surface area contributed by atoms with E-state index in [2.05, 4.69) is 24.8 Å². The van der Waals surface area contributed by atoms with Gasteiger partial charge in [0.1, 0.15) is 17.6 Å². The summed E-state index contributed by atoms with van der Waals surface area (Å²) in [6, 6.07) is 10.2. The highest BCUT2D eigenvalue weighted by atomic mass is 19.4. The maximum atomic E-state index is 13.5. The van der Waals surface area contributed by atoms with E-state index in [4.69, 9.17) is 0 Å². The molecule has 0 spiro atoms. The van der Waals surface area contributed by atoms with Crippen molar-refractivity contribution in [3.05, 3.63) is 96.1 Å². The monoisotopic (exact) mass is 631 g/mol. The molecule has 0 radical (unpaired) electrons. The van der Waals surface area contributed by atoms with Gasteiger partial charge in [-0.3, -0.25) is 24.0 Å². The summed E-state index contributed by atoms with van der Waals surface area (Å²) in [7, 11) is 0. The number of likely N-dealkylation sites (tertiary alicyclic amines) is 2. The molecule has 5 heterocycles. The summed E-state index contributed by atoms with van der Waals surface area (Å²) < 4.78 is 40.5. The molecule has 0 bridgehead atoms. The van der Waals surface area contributed by atoms with Crippen molar-refractivity contribution in [3.8, 4) is 11.4 Å². The number of imidazole rings is 1. The lowest BCUT2D eigenvalue weighted by molar-refractivity contribution is -0.137. The normalized spacial score (nSPS) is 25.0. The summed E-state index contributed by atoms with van der Waals surface area (Å²) in [6.45, 7) is 1.39. The fraction of sp³-hybridized carbons (Fsp3) is 0.394. The third kappa shape index (κ3) is 5.58. The minimum absolute atomic E-state index is 0.00652. The summed E-state index contributed by atoms with van der Waals surface area (Å²) in [5.74, 6) is -0.405. The van der Waals surface area contributed by atoms with Crippen LogP contribution < -0.4 is 0 Å². The lowest BCUT2D eigenvalue weighted by Crippen LogP contribution is -2.46. The molecule has 3 aromatic heterocycles. The third-order valence-electron chi connectivity index (χ3n) is 9.67. The van der Waals surface area contributed by atoms with E-state index in [1.165, 1.54) is 24.7 Å². The largest absolute Gasteiger partial charge is 0.416 e. The van der Waals surface area contributed by atoms with Gasteiger partial charge in [-0.25, -0.2) is 15.0 Å². The first-order chi connectivity index (χ1) is 22.1. The maximum Gasteiger partial charge on any atom is 0.416 e. The van der Waals surface area contributed by atoms with Gasteiger partial charge in [-0.2, -0.15) is 13.2 Å². The minimum Gasteiger partial charge on any atom is -0.384 e. The van der Waals surface area contributed by atoms with E-state index in [1.807, 2.05) is 17.0 Å². The molecule has 13 heteroatoms.